The Bertz CT molecular complexity index is 875. The number of nitrogens with zero attached hydrogens (tertiary/aromatic N) is 5. The number of aryl methyl sites for hydroxylation is 1. The Morgan fingerprint density at radius 2 is 1.74 bits per heavy atom. The quantitative estimate of drug-likeness (QED) is 0.577. The Kier molecular flexibility index (Phi) is 6.72. The van der Waals surface area contributed by atoms with Crippen LogP contribution in [0, 0.1) is 12.2 Å². The second kappa shape index (κ2) is 9.43. The van der Waals surface area contributed by atoms with Gasteiger partial charge in [0, 0.05) is 18.2 Å². The summed E-state index contributed by atoms with van der Waals surface area (Å²) in [6, 6.07) is 13.5. The molecule has 0 unspecified atom stereocenters. The summed E-state index contributed by atoms with van der Waals surface area (Å²) in [5.41, 5.74) is 7.17. The van der Waals surface area contributed by atoms with Crippen LogP contribution in [0.15, 0.2) is 53.7 Å². The third-order valence-corrected chi connectivity index (χ3v) is 6.01. The monoisotopic (exact) mass is 397 g/mol. The predicted octanol–water partition coefficient (Wildman–Crippen LogP) is 3.22. The van der Waals surface area contributed by atoms with Crippen molar-refractivity contribution in [2.75, 3.05) is 0 Å². The third kappa shape index (κ3) is 5.73. The van der Waals surface area contributed by atoms with Gasteiger partial charge >= 0.3 is 0 Å². The number of nitrogens with two attached hydrogens (primary N) is 1. The minimum Gasteiger partial charge on any atom is -0.370 e. The van der Waals surface area contributed by atoms with Crippen molar-refractivity contribution in [3.8, 4) is 11.4 Å². The van der Waals surface area contributed by atoms with Gasteiger partial charge < -0.3 is 5.73 Å². The van der Waals surface area contributed by atoms with Gasteiger partial charge in [0.15, 0.2) is 5.82 Å². The Morgan fingerprint density at radius 1 is 1.00 bits per heavy atom. The zero-order valence-corrected chi connectivity index (χ0v) is 16.2. The topological polar surface area (TPSA) is 108 Å². The van der Waals surface area contributed by atoms with Gasteiger partial charge in [-0.25, -0.2) is 4.98 Å². The number of primary amides is 1. The molecular weight excluding hydrogens is 380 g/mol. The fourth-order valence-corrected chi connectivity index (χ4v) is 4.39. The highest BCUT2D eigenvalue weighted by Gasteiger charge is 2.16. The average molecular weight is 398 g/mol. The lowest BCUT2D eigenvalue weighted by molar-refractivity contribution is -0.118. The minimum atomic E-state index is -0.322. The zero-order chi connectivity index (χ0) is 19.1. The van der Waals surface area contributed by atoms with Crippen molar-refractivity contribution in [1.82, 2.24) is 25.4 Å². The van der Waals surface area contributed by atoms with Crippen LogP contribution in [-0.4, -0.2) is 31.3 Å². The van der Waals surface area contributed by atoms with Crippen molar-refractivity contribution in [2.24, 2.45) is 5.73 Å². The number of aromatic nitrogens is 5. The number of rotatable bonds is 8. The molecule has 9 heteroatoms. The number of pyridine rings is 1. The Labute approximate surface area is 165 Å². The minimum absolute atomic E-state index is 0.293. The van der Waals surface area contributed by atoms with Crippen LogP contribution in [0.3, 0.4) is 0 Å². The zero-order valence-electron chi connectivity index (χ0n) is 14.6. The van der Waals surface area contributed by atoms with E-state index in [1.807, 2.05) is 42.5 Å². The number of benzene rings is 1. The maximum Gasteiger partial charge on any atom is 0.217 e. The van der Waals surface area contributed by atoms with E-state index in [0.29, 0.717) is 24.5 Å². The van der Waals surface area contributed by atoms with Gasteiger partial charge in [0.05, 0.1) is 5.25 Å². The normalized spacial score (nSPS) is 10.9. The van der Waals surface area contributed by atoms with Crippen molar-refractivity contribution in [3.63, 3.8) is 0 Å². The molecule has 1 aromatic carbocycles. The molecular formula is C18H17N6OS2. The van der Waals surface area contributed by atoms with Crippen LogP contribution in [0.25, 0.3) is 11.4 Å². The molecule has 0 saturated heterocycles. The van der Waals surface area contributed by atoms with Crippen LogP contribution in [0.5, 0.6) is 0 Å². The molecule has 2 aromatic heterocycles. The van der Waals surface area contributed by atoms with E-state index in [1.165, 1.54) is 0 Å². The number of hydrogen-bond donors (Lipinski definition) is 1. The van der Waals surface area contributed by atoms with E-state index in [2.05, 4.69) is 25.4 Å². The summed E-state index contributed by atoms with van der Waals surface area (Å²) in [6.07, 6.45) is 2.62. The molecule has 0 spiro atoms. The summed E-state index contributed by atoms with van der Waals surface area (Å²) in [5, 5.41) is 17.9. The summed E-state index contributed by atoms with van der Waals surface area (Å²) in [5.74, 6) is 0.680. The van der Waals surface area contributed by atoms with Crippen molar-refractivity contribution in [1.29, 1.82) is 0 Å². The molecule has 1 radical (unpaired) electrons. The van der Waals surface area contributed by atoms with E-state index >= 15 is 0 Å². The summed E-state index contributed by atoms with van der Waals surface area (Å²) in [6.45, 7) is 1.74. The maximum atomic E-state index is 11.2. The first-order chi connectivity index (χ1) is 13.1. The molecule has 0 aliphatic heterocycles. The van der Waals surface area contributed by atoms with Crippen LogP contribution < -0.4 is 5.73 Å². The van der Waals surface area contributed by atoms with Gasteiger partial charge in [0.25, 0.3) is 0 Å². The van der Waals surface area contributed by atoms with E-state index in [9.17, 15) is 4.79 Å². The van der Waals surface area contributed by atoms with E-state index in [4.69, 9.17) is 5.73 Å². The molecule has 1 amide bonds. The molecule has 0 aliphatic rings. The van der Waals surface area contributed by atoms with Gasteiger partial charge in [-0.1, -0.05) is 41.1 Å². The van der Waals surface area contributed by atoms with Gasteiger partial charge in [0.1, 0.15) is 5.03 Å². The second-order valence-electron chi connectivity index (χ2n) is 5.57. The van der Waals surface area contributed by atoms with Crippen LogP contribution >= 0.6 is 21.6 Å². The van der Waals surface area contributed by atoms with Crippen LogP contribution in [0.1, 0.15) is 24.2 Å². The first kappa shape index (κ1) is 19.2. The number of amides is 1. The number of carbonyl (C=O) groups excluding carboxylic acids is 1. The van der Waals surface area contributed by atoms with Crippen molar-refractivity contribution < 1.29 is 4.79 Å². The maximum absolute atomic E-state index is 11.2. The van der Waals surface area contributed by atoms with Gasteiger partial charge in [-0.05, 0) is 41.8 Å². The molecule has 0 saturated carbocycles. The van der Waals surface area contributed by atoms with E-state index in [0.717, 1.165) is 21.4 Å². The standard InChI is InChI=1S/C18H17N6OS2/c1-12-21-23-18(24-22-12)14-7-5-13(6-8-14)15(9-10-16(19)25)26-27-17-4-2-3-11-20-17/h2-8,11H,9-10H2,1H3,(H2,19,25). The summed E-state index contributed by atoms with van der Waals surface area (Å²) in [4.78, 5) is 15.5. The lowest BCUT2D eigenvalue weighted by Crippen LogP contribution is -2.11. The van der Waals surface area contributed by atoms with Gasteiger partial charge in [0.2, 0.25) is 11.7 Å². The van der Waals surface area contributed by atoms with Crippen LogP contribution in [-0.2, 0) is 4.79 Å². The molecule has 0 bridgehead atoms. The lowest BCUT2D eigenvalue weighted by Gasteiger charge is -2.15. The molecule has 2 N–H and O–H groups in total. The summed E-state index contributed by atoms with van der Waals surface area (Å²) >= 11 is 0. The third-order valence-electron chi connectivity index (χ3n) is 3.51. The smallest absolute Gasteiger partial charge is 0.217 e. The van der Waals surface area contributed by atoms with Crippen LogP contribution in [0.2, 0.25) is 0 Å². The lowest BCUT2D eigenvalue weighted by atomic mass is 10.1. The molecule has 0 aliphatic carbocycles. The molecule has 0 fully saturated rings. The van der Waals surface area contributed by atoms with Gasteiger partial charge in [-0.2, -0.15) is 0 Å². The fraction of sp³-hybridized carbons (Fsp3) is 0.167. The number of carbonyl (C=O) groups is 1. The molecule has 7 nitrogen and oxygen atoms in total. The van der Waals surface area contributed by atoms with Gasteiger partial charge in [-0.15, -0.1) is 20.4 Å². The summed E-state index contributed by atoms with van der Waals surface area (Å²) in [7, 11) is 3.13. The second-order valence-corrected chi connectivity index (χ2v) is 7.82. The first-order valence-electron chi connectivity index (χ1n) is 8.16. The Balaban J connectivity index is 1.74. The molecule has 137 valence electrons. The highest BCUT2D eigenvalue weighted by molar-refractivity contribution is 8.77. The Hall–Kier alpha value is -2.52. The highest BCUT2D eigenvalue weighted by Crippen LogP contribution is 2.43. The van der Waals surface area contributed by atoms with Crippen molar-refractivity contribution in [2.45, 2.75) is 24.8 Å². The van der Waals surface area contributed by atoms with Crippen molar-refractivity contribution >= 4 is 27.5 Å². The summed E-state index contributed by atoms with van der Waals surface area (Å²) < 4.78 is 0. The van der Waals surface area contributed by atoms with E-state index in [1.54, 1.807) is 34.7 Å². The largest absolute Gasteiger partial charge is 0.370 e. The number of hydrogen-bond acceptors (Lipinski definition) is 8. The Morgan fingerprint density at radius 3 is 2.37 bits per heavy atom. The molecule has 27 heavy (non-hydrogen) atoms. The molecule has 2 heterocycles. The average Bonchev–Trinajstić information content (AvgIpc) is 2.69. The molecule has 3 rings (SSSR count). The van der Waals surface area contributed by atoms with Crippen molar-refractivity contribution in [3.05, 3.63) is 65.3 Å². The van der Waals surface area contributed by atoms with Gasteiger partial charge in [-0.3, -0.25) is 4.79 Å². The highest BCUT2D eigenvalue weighted by atomic mass is 33.1. The SMILES string of the molecule is Cc1nnc(-c2ccc([C](CCC(N)=O)SSc3ccccn3)cc2)nn1. The van der Waals surface area contributed by atoms with E-state index in [-0.39, 0.29) is 5.91 Å². The molecule has 0 atom stereocenters. The fourth-order valence-electron chi connectivity index (χ4n) is 2.16. The van der Waals surface area contributed by atoms with Crippen LogP contribution in [0.4, 0.5) is 0 Å². The first-order valence-corrected chi connectivity index (χ1v) is 10.3. The molecule has 3 aromatic rings. The van der Waals surface area contributed by atoms with E-state index < -0.39 is 0 Å². The predicted molar refractivity (Wildman–Crippen MR) is 106 cm³/mol.